The predicted molar refractivity (Wildman–Crippen MR) is 98.5 cm³/mol. The van der Waals surface area contributed by atoms with Crippen LogP contribution >= 0.6 is 23.2 Å². The molecule has 0 aliphatic carbocycles. The number of phenolic OH excluding ortho intramolecular Hbond substituents is 1. The summed E-state index contributed by atoms with van der Waals surface area (Å²) in [5, 5.41) is 20.9. The van der Waals surface area contributed by atoms with Gasteiger partial charge in [-0.2, -0.15) is 0 Å². The van der Waals surface area contributed by atoms with Gasteiger partial charge in [0.05, 0.1) is 16.6 Å². The third kappa shape index (κ3) is 3.50. The van der Waals surface area contributed by atoms with Gasteiger partial charge in [-0.25, -0.2) is 0 Å². The molecular formula is C18H22Cl2N2O4. The molecule has 8 heteroatoms. The van der Waals surface area contributed by atoms with Gasteiger partial charge in [-0.1, -0.05) is 23.2 Å². The normalized spacial score (nSPS) is 23.8. The zero-order valence-electron chi connectivity index (χ0n) is 14.7. The first kappa shape index (κ1) is 19.3. The summed E-state index contributed by atoms with van der Waals surface area (Å²) >= 11 is 12.4. The van der Waals surface area contributed by atoms with Gasteiger partial charge in [-0.3, -0.25) is 9.59 Å². The molecule has 2 amide bonds. The van der Waals surface area contributed by atoms with Gasteiger partial charge in [0.15, 0.2) is 0 Å². The fraction of sp³-hybridized carbons (Fsp3) is 0.556. The maximum Gasteiger partial charge on any atom is 0.254 e. The average Bonchev–Trinajstić information content (AvgIpc) is 2.56. The van der Waals surface area contributed by atoms with E-state index in [1.54, 1.807) is 11.0 Å². The van der Waals surface area contributed by atoms with E-state index in [0.717, 1.165) is 0 Å². The second kappa shape index (κ2) is 6.91. The highest BCUT2D eigenvalue weighted by atomic mass is 35.5. The number of amides is 2. The molecule has 0 aromatic heterocycles. The van der Waals surface area contributed by atoms with Crippen LogP contribution in [0.15, 0.2) is 12.1 Å². The molecule has 3 rings (SSSR count). The lowest BCUT2D eigenvalue weighted by Crippen LogP contribution is -2.62. The van der Waals surface area contributed by atoms with Crippen LogP contribution in [0, 0.1) is 0 Å². The monoisotopic (exact) mass is 400 g/mol. The van der Waals surface area contributed by atoms with E-state index in [1.165, 1.54) is 24.8 Å². The van der Waals surface area contributed by atoms with Crippen LogP contribution in [0.5, 0.6) is 5.75 Å². The smallest absolute Gasteiger partial charge is 0.254 e. The Morgan fingerprint density at radius 1 is 1.31 bits per heavy atom. The summed E-state index contributed by atoms with van der Waals surface area (Å²) in [6.07, 6.45) is 1.23. The van der Waals surface area contributed by atoms with Crippen molar-refractivity contribution in [3.8, 4) is 5.75 Å². The topological polar surface area (TPSA) is 81.1 Å². The van der Waals surface area contributed by atoms with Gasteiger partial charge in [-0.15, -0.1) is 0 Å². The molecule has 6 nitrogen and oxygen atoms in total. The standard InChI is InChI=1S/C18H22Cl2N2O4/c1-18(2,26)17(25)21-8-11-7-10(5-6-22(11)14(24)9-21)15-13(23)4-3-12(19)16(15)20/h3-4,10-11,23,26H,5-9H2,1-2H3/t10-,11+/m1/s1. The summed E-state index contributed by atoms with van der Waals surface area (Å²) in [7, 11) is 0. The summed E-state index contributed by atoms with van der Waals surface area (Å²) in [4.78, 5) is 28.0. The van der Waals surface area contributed by atoms with Gasteiger partial charge in [0.2, 0.25) is 5.91 Å². The lowest BCUT2D eigenvalue weighted by Gasteiger charge is -2.47. The van der Waals surface area contributed by atoms with Crippen LogP contribution in [0.2, 0.25) is 10.0 Å². The first-order valence-corrected chi connectivity index (χ1v) is 9.33. The van der Waals surface area contributed by atoms with Crippen molar-refractivity contribution in [1.29, 1.82) is 0 Å². The molecule has 0 spiro atoms. The third-order valence-corrected chi connectivity index (χ3v) is 5.94. The first-order valence-electron chi connectivity index (χ1n) is 8.57. The Morgan fingerprint density at radius 2 is 2.00 bits per heavy atom. The number of benzene rings is 1. The van der Waals surface area contributed by atoms with Gasteiger partial charge in [0.25, 0.3) is 5.91 Å². The molecule has 2 aliphatic rings. The van der Waals surface area contributed by atoms with Crippen molar-refractivity contribution in [3.63, 3.8) is 0 Å². The predicted octanol–water partition coefficient (Wildman–Crippen LogP) is 2.39. The number of nitrogens with zero attached hydrogens (tertiary/aromatic N) is 2. The fourth-order valence-corrected chi connectivity index (χ4v) is 4.35. The lowest BCUT2D eigenvalue weighted by molar-refractivity contribution is -0.159. The number of rotatable bonds is 2. The van der Waals surface area contributed by atoms with Gasteiger partial charge in [0, 0.05) is 24.7 Å². The van der Waals surface area contributed by atoms with E-state index in [2.05, 4.69) is 0 Å². The second-order valence-corrected chi connectivity index (χ2v) is 8.29. The highest BCUT2D eigenvalue weighted by Gasteiger charge is 2.42. The lowest BCUT2D eigenvalue weighted by atomic mass is 9.83. The highest BCUT2D eigenvalue weighted by Crippen LogP contribution is 2.43. The van der Waals surface area contributed by atoms with E-state index in [4.69, 9.17) is 23.2 Å². The summed E-state index contributed by atoms with van der Waals surface area (Å²) in [5.74, 6) is -0.563. The molecule has 2 heterocycles. The Bertz CT molecular complexity index is 747. The number of aliphatic hydroxyl groups is 1. The van der Waals surface area contributed by atoms with Crippen LogP contribution in [0.3, 0.4) is 0 Å². The Hall–Kier alpha value is -1.50. The SMILES string of the molecule is CC(C)(O)C(=O)N1CC(=O)N2CC[C@@H](c3c(O)ccc(Cl)c3Cl)C[C@H]2C1. The van der Waals surface area contributed by atoms with Crippen LogP contribution in [0.25, 0.3) is 0 Å². The number of hydrogen-bond acceptors (Lipinski definition) is 4. The Balaban J connectivity index is 1.83. The maximum atomic E-state index is 12.5. The number of carbonyl (C=O) groups is 2. The molecule has 0 bridgehead atoms. The fourth-order valence-electron chi connectivity index (χ4n) is 3.87. The molecule has 0 radical (unpaired) electrons. The van der Waals surface area contributed by atoms with Gasteiger partial charge < -0.3 is 20.0 Å². The summed E-state index contributed by atoms with van der Waals surface area (Å²) < 4.78 is 0. The minimum atomic E-state index is -1.52. The van der Waals surface area contributed by atoms with Crippen LogP contribution in [-0.2, 0) is 9.59 Å². The van der Waals surface area contributed by atoms with Crippen LogP contribution in [-0.4, -0.2) is 63.1 Å². The van der Waals surface area contributed by atoms with E-state index in [1.807, 2.05) is 0 Å². The van der Waals surface area contributed by atoms with Crippen molar-refractivity contribution < 1.29 is 19.8 Å². The number of aromatic hydroxyl groups is 1. The largest absolute Gasteiger partial charge is 0.508 e. The summed E-state index contributed by atoms with van der Waals surface area (Å²) in [6, 6.07) is 2.88. The molecule has 2 fully saturated rings. The summed E-state index contributed by atoms with van der Waals surface area (Å²) in [6.45, 7) is 3.69. The molecule has 142 valence electrons. The van der Waals surface area contributed by atoms with Crippen LogP contribution in [0.4, 0.5) is 0 Å². The average molecular weight is 401 g/mol. The number of piperidine rings is 1. The van der Waals surface area contributed by atoms with E-state index < -0.39 is 11.5 Å². The zero-order chi connectivity index (χ0) is 19.2. The van der Waals surface area contributed by atoms with E-state index in [9.17, 15) is 19.8 Å². The molecular weight excluding hydrogens is 379 g/mol. The number of carbonyl (C=O) groups excluding carboxylic acids is 2. The van der Waals surface area contributed by atoms with E-state index in [-0.39, 0.29) is 30.2 Å². The first-order chi connectivity index (χ1) is 12.1. The molecule has 2 saturated heterocycles. The molecule has 26 heavy (non-hydrogen) atoms. The van der Waals surface area contributed by atoms with Crippen LogP contribution < -0.4 is 0 Å². The number of phenols is 1. The summed E-state index contributed by atoms with van der Waals surface area (Å²) in [5.41, 5.74) is -0.928. The van der Waals surface area contributed by atoms with Gasteiger partial charge in [-0.05, 0) is 44.7 Å². The third-order valence-electron chi connectivity index (χ3n) is 5.12. The molecule has 2 N–H and O–H groups in total. The van der Waals surface area contributed by atoms with Crippen molar-refractivity contribution in [2.45, 2.75) is 44.2 Å². The van der Waals surface area contributed by atoms with E-state index in [0.29, 0.717) is 41.5 Å². The molecule has 1 aromatic rings. The maximum absolute atomic E-state index is 12.5. The van der Waals surface area contributed by atoms with Crippen LogP contribution in [0.1, 0.15) is 38.2 Å². The van der Waals surface area contributed by atoms with Gasteiger partial charge >= 0.3 is 0 Å². The Labute approximate surface area is 162 Å². The Kier molecular flexibility index (Phi) is 5.12. The molecule has 2 atom stereocenters. The molecule has 1 aromatic carbocycles. The van der Waals surface area contributed by atoms with Crippen molar-refractivity contribution in [1.82, 2.24) is 9.80 Å². The van der Waals surface area contributed by atoms with Crippen molar-refractivity contribution in [2.24, 2.45) is 0 Å². The Morgan fingerprint density at radius 3 is 2.65 bits per heavy atom. The van der Waals surface area contributed by atoms with Crippen molar-refractivity contribution in [2.75, 3.05) is 19.6 Å². The molecule has 2 aliphatic heterocycles. The van der Waals surface area contributed by atoms with E-state index >= 15 is 0 Å². The van der Waals surface area contributed by atoms with Crippen molar-refractivity contribution >= 4 is 35.0 Å². The minimum absolute atomic E-state index is 0.0207. The van der Waals surface area contributed by atoms with Crippen molar-refractivity contribution in [3.05, 3.63) is 27.7 Å². The number of hydrogen-bond donors (Lipinski definition) is 2. The number of halogens is 2. The number of piperazine rings is 1. The quantitative estimate of drug-likeness (QED) is 0.798. The molecule has 0 saturated carbocycles. The second-order valence-electron chi connectivity index (χ2n) is 7.50. The highest BCUT2D eigenvalue weighted by molar-refractivity contribution is 6.42. The minimum Gasteiger partial charge on any atom is -0.508 e. The molecule has 0 unspecified atom stereocenters. The number of fused-ring (bicyclic) bond motifs is 1. The zero-order valence-corrected chi connectivity index (χ0v) is 16.2. The van der Waals surface area contributed by atoms with Gasteiger partial charge in [0.1, 0.15) is 11.4 Å².